The third-order valence-electron chi connectivity index (χ3n) is 3.42. The summed E-state index contributed by atoms with van der Waals surface area (Å²) in [6, 6.07) is 3.35. The zero-order valence-corrected chi connectivity index (χ0v) is 12.9. The second-order valence-corrected chi connectivity index (χ2v) is 4.63. The van der Waals surface area contributed by atoms with Gasteiger partial charge in [0.1, 0.15) is 11.5 Å². The molecular weight excluding hydrogens is 348 g/mol. The van der Waals surface area contributed by atoms with E-state index < -0.39 is 43.5 Å². The second kappa shape index (κ2) is 7.33. The Morgan fingerprint density at radius 1 is 0.960 bits per heavy atom. The van der Waals surface area contributed by atoms with Crippen LogP contribution < -0.4 is 9.47 Å². The van der Waals surface area contributed by atoms with Crippen LogP contribution in [0.25, 0.3) is 0 Å². The van der Waals surface area contributed by atoms with Crippen LogP contribution in [0.15, 0.2) is 18.2 Å². The van der Waals surface area contributed by atoms with Gasteiger partial charge in [-0.25, -0.2) is 0 Å². The third-order valence-corrected chi connectivity index (χ3v) is 3.42. The first-order valence-corrected chi connectivity index (χ1v) is 6.40. The average Bonchev–Trinajstić information content (AvgIpc) is 2.52. The highest BCUT2D eigenvalue weighted by atomic mass is 16.7. The molecule has 0 N–H and O–H groups in total. The fraction of sp³-hybridized carbons (Fsp3) is 0.455. The minimum atomic E-state index is -4.06. The number of rotatable bonds is 9. The Bertz CT molecular complexity index is 685. The van der Waals surface area contributed by atoms with Crippen LogP contribution in [0.2, 0.25) is 0 Å². The number of nitro groups is 4. The molecule has 0 aromatic heterocycles. The molecule has 14 heteroatoms. The van der Waals surface area contributed by atoms with Crippen LogP contribution in [0, 0.1) is 40.5 Å². The predicted octanol–water partition coefficient (Wildman–Crippen LogP) is 0.548. The molecule has 1 atom stereocenters. The number of nitrogens with zero attached hydrogens (tertiary/aromatic N) is 4. The van der Waals surface area contributed by atoms with Gasteiger partial charge in [-0.15, -0.1) is 0 Å². The van der Waals surface area contributed by atoms with Crippen LogP contribution in [-0.2, 0) is 0 Å². The van der Waals surface area contributed by atoms with Gasteiger partial charge in [0, 0.05) is 16.6 Å². The third kappa shape index (κ3) is 3.36. The lowest BCUT2D eigenvalue weighted by Crippen LogP contribution is -2.59. The lowest BCUT2D eigenvalue weighted by Gasteiger charge is -2.18. The maximum absolute atomic E-state index is 11.3. The van der Waals surface area contributed by atoms with E-state index in [1.54, 1.807) is 0 Å². The molecule has 0 radical (unpaired) electrons. The summed E-state index contributed by atoms with van der Waals surface area (Å²) in [6.45, 7) is -1.44. The summed E-state index contributed by atoms with van der Waals surface area (Å²) < 4.78 is 9.80. The van der Waals surface area contributed by atoms with Crippen molar-refractivity contribution in [2.24, 2.45) is 0 Å². The van der Waals surface area contributed by atoms with Gasteiger partial charge in [-0.05, 0) is 6.07 Å². The summed E-state index contributed by atoms with van der Waals surface area (Å²) in [4.78, 5) is 38.3. The van der Waals surface area contributed by atoms with Crippen molar-refractivity contribution in [1.82, 2.24) is 0 Å². The molecule has 14 nitrogen and oxygen atoms in total. The Kier molecular flexibility index (Phi) is 5.71. The van der Waals surface area contributed by atoms with E-state index in [1.807, 2.05) is 0 Å². The lowest BCUT2D eigenvalue weighted by molar-refractivity contribution is -0.975. The van der Waals surface area contributed by atoms with E-state index in [-0.39, 0.29) is 11.5 Å². The van der Waals surface area contributed by atoms with Gasteiger partial charge >= 0.3 is 5.79 Å². The van der Waals surface area contributed by atoms with Crippen LogP contribution in [0.5, 0.6) is 11.5 Å². The molecule has 0 aliphatic heterocycles. The Hall–Kier alpha value is -3.58. The number of ether oxygens (including phenoxy) is 2. The van der Waals surface area contributed by atoms with Crippen molar-refractivity contribution in [1.29, 1.82) is 0 Å². The Morgan fingerprint density at radius 2 is 1.48 bits per heavy atom. The van der Waals surface area contributed by atoms with E-state index in [9.17, 15) is 40.5 Å². The minimum Gasteiger partial charge on any atom is -0.497 e. The molecule has 0 bridgehead atoms. The van der Waals surface area contributed by atoms with Crippen molar-refractivity contribution in [3.63, 3.8) is 0 Å². The van der Waals surface area contributed by atoms with Gasteiger partial charge in [0.25, 0.3) is 5.92 Å². The van der Waals surface area contributed by atoms with E-state index in [4.69, 9.17) is 9.47 Å². The molecule has 1 aromatic rings. The Balaban J connectivity index is 3.78. The summed E-state index contributed by atoms with van der Waals surface area (Å²) in [6.07, 6.45) is 0. The molecule has 0 fully saturated rings. The van der Waals surface area contributed by atoms with Gasteiger partial charge in [0.15, 0.2) is 14.8 Å². The molecule has 0 heterocycles. The van der Waals surface area contributed by atoms with Crippen molar-refractivity contribution in [3.05, 3.63) is 64.2 Å². The van der Waals surface area contributed by atoms with Gasteiger partial charge in [-0.1, -0.05) is 6.07 Å². The highest BCUT2D eigenvalue weighted by Gasteiger charge is 2.78. The van der Waals surface area contributed by atoms with Crippen LogP contribution in [-0.4, -0.2) is 46.2 Å². The summed E-state index contributed by atoms with van der Waals surface area (Å²) in [5.41, 5.74) is -0.440. The molecular formula is C11H12N4O10. The maximum atomic E-state index is 11.3. The lowest BCUT2D eigenvalue weighted by atomic mass is 9.91. The van der Waals surface area contributed by atoms with Crippen LogP contribution in [0.1, 0.15) is 11.5 Å². The molecule has 0 aliphatic rings. The molecule has 136 valence electrons. The van der Waals surface area contributed by atoms with Crippen molar-refractivity contribution >= 4 is 0 Å². The molecule has 1 aromatic carbocycles. The van der Waals surface area contributed by atoms with Crippen LogP contribution >= 0.6 is 0 Å². The summed E-state index contributed by atoms with van der Waals surface area (Å²) >= 11 is 0. The quantitative estimate of drug-likeness (QED) is 0.341. The first-order valence-electron chi connectivity index (χ1n) is 6.40. The number of hydrogen-bond acceptors (Lipinski definition) is 10. The normalized spacial score (nSPS) is 12.1. The second-order valence-electron chi connectivity index (χ2n) is 4.63. The molecule has 0 spiro atoms. The zero-order valence-electron chi connectivity index (χ0n) is 12.9. The van der Waals surface area contributed by atoms with E-state index >= 15 is 0 Å². The van der Waals surface area contributed by atoms with Crippen LogP contribution in [0.3, 0.4) is 0 Å². The van der Waals surface area contributed by atoms with Crippen molar-refractivity contribution in [3.8, 4) is 11.5 Å². The standard InChI is InChI=1S/C11H12N4O10/c1-24-7-3-4-8(10(5-7)25-2)9(6-12(16)17)11(13(18)19,14(20)21)15(22)23/h3-5,9H,6H2,1-2H3/t9-/m0/s1. The number of hydrogen-bond donors (Lipinski definition) is 0. The zero-order chi connectivity index (χ0) is 19.4. The highest BCUT2D eigenvalue weighted by molar-refractivity contribution is 5.43. The van der Waals surface area contributed by atoms with Gasteiger partial charge in [-0.2, -0.15) is 0 Å². The average molecular weight is 360 g/mol. The summed E-state index contributed by atoms with van der Waals surface area (Å²) in [5.74, 6) is -6.49. The topological polar surface area (TPSA) is 191 Å². The predicted molar refractivity (Wildman–Crippen MR) is 77.9 cm³/mol. The molecule has 25 heavy (non-hydrogen) atoms. The van der Waals surface area contributed by atoms with E-state index in [1.165, 1.54) is 13.2 Å². The summed E-state index contributed by atoms with van der Waals surface area (Å²) in [7, 11) is 2.37. The largest absolute Gasteiger partial charge is 0.713 e. The van der Waals surface area contributed by atoms with E-state index in [0.29, 0.717) is 0 Å². The molecule has 0 saturated carbocycles. The molecule has 0 aliphatic carbocycles. The fourth-order valence-electron chi connectivity index (χ4n) is 2.27. The highest BCUT2D eigenvalue weighted by Crippen LogP contribution is 2.39. The monoisotopic (exact) mass is 360 g/mol. The number of methoxy groups -OCH3 is 2. The van der Waals surface area contributed by atoms with Crippen LogP contribution in [0.4, 0.5) is 0 Å². The molecule has 1 rings (SSSR count). The van der Waals surface area contributed by atoms with Gasteiger partial charge in [-0.3, -0.25) is 40.5 Å². The van der Waals surface area contributed by atoms with Gasteiger partial charge < -0.3 is 9.47 Å². The smallest absolute Gasteiger partial charge is 0.497 e. The number of benzene rings is 1. The maximum Gasteiger partial charge on any atom is 0.713 e. The first-order chi connectivity index (χ1) is 11.6. The van der Waals surface area contributed by atoms with Gasteiger partial charge in [0.2, 0.25) is 6.54 Å². The summed E-state index contributed by atoms with van der Waals surface area (Å²) in [5, 5.41) is 44.7. The molecule has 0 amide bonds. The van der Waals surface area contributed by atoms with Gasteiger partial charge in [0.05, 0.1) is 14.2 Å². The molecule has 0 unspecified atom stereocenters. The van der Waals surface area contributed by atoms with E-state index in [0.717, 1.165) is 19.2 Å². The fourth-order valence-corrected chi connectivity index (χ4v) is 2.27. The van der Waals surface area contributed by atoms with Crippen molar-refractivity contribution in [2.45, 2.75) is 11.7 Å². The van der Waals surface area contributed by atoms with E-state index in [2.05, 4.69) is 0 Å². The SMILES string of the molecule is COc1ccc([C@H](C[N+](=O)[O-])C([N+](=O)[O-])([N+](=O)[O-])[N+](=O)[O-])c(OC)c1. The molecule has 0 saturated heterocycles. The van der Waals surface area contributed by atoms with Crippen molar-refractivity contribution in [2.75, 3.05) is 20.8 Å². The van der Waals surface area contributed by atoms with Crippen molar-refractivity contribution < 1.29 is 29.2 Å². The Morgan fingerprint density at radius 3 is 1.84 bits per heavy atom. The minimum absolute atomic E-state index is 0.175. The first kappa shape index (κ1) is 19.5. The Labute approximate surface area is 138 Å².